The van der Waals surface area contributed by atoms with Gasteiger partial charge in [-0.3, -0.25) is 0 Å². The summed E-state index contributed by atoms with van der Waals surface area (Å²) in [6, 6.07) is 76.9. The zero-order chi connectivity index (χ0) is 36.3. The molecule has 0 saturated heterocycles. The third-order valence-corrected chi connectivity index (χ3v) is 11.5. The number of nitrogens with zero attached hydrogens (tertiary/aromatic N) is 1. The number of fused-ring (bicyclic) bond motifs is 7. The Balaban J connectivity index is 1.09. The molecular formula is C53H35NO. The second-order valence-electron chi connectivity index (χ2n) is 14.5. The number of hydrogen-bond acceptors (Lipinski definition) is 2. The van der Waals surface area contributed by atoms with Gasteiger partial charge in [0.15, 0.2) is 0 Å². The van der Waals surface area contributed by atoms with Crippen LogP contribution in [0.1, 0.15) is 22.3 Å². The van der Waals surface area contributed by atoms with Gasteiger partial charge in [0.2, 0.25) is 0 Å². The Morgan fingerprint density at radius 1 is 0.345 bits per heavy atom. The van der Waals surface area contributed by atoms with Crippen LogP contribution >= 0.6 is 0 Å². The molecule has 1 aliphatic rings. The molecule has 1 atom stereocenters. The molecule has 0 bridgehead atoms. The molecule has 0 fully saturated rings. The summed E-state index contributed by atoms with van der Waals surface area (Å²) in [5.74, 6) is 0. The Bertz CT molecular complexity index is 3020. The highest BCUT2D eigenvalue weighted by Gasteiger charge is 2.46. The van der Waals surface area contributed by atoms with Crippen LogP contribution < -0.4 is 4.90 Å². The predicted octanol–water partition coefficient (Wildman–Crippen LogP) is 14.2. The van der Waals surface area contributed by atoms with Gasteiger partial charge in [-0.05, 0) is 116 Å². The van der Waals surface area contributed by atoms with Crippen molar-refractivity contribution in [1.82, 2.24) is 0 Å². The molecule has 1 aromatic heterocycles. The van der Waals surface area contributed by atoms with Gasteiger partial charge in [0.1, 0.15) is 11.2 Å². The summed E-state index contributed by atoms with van der Waals surface area (Å²) in [4.78, 5) is 2.30. The van der Waals surface area contributed by atoms with E-state index in [4.69, 9.17) is 4.42 Å². The maximum atomic E-state index is 6.72. The van der Waals surface area contributed by atoms with E-state index in [0.29, 0.717) is 0 Å². The van der Waals surface area contributed by atoms with Crippen molar-refractivity contribution >= 4 is 49.8 Å². The van der Waals surface area contributed by atoms with Gasteiger partial charge in [-0.25, -0.2) is 0 Å². The molecule has 1 heterocycles. The molecule has 9 aromatic carbocycles. The van der Waals surface area contributed by atoms with E-state index in [1.54, 1.807) is 0 Å². The molecular weight excluding hydrogens is 667 g/mol. The van der Waals surface area contributed by atoms with Crippen molar-refractivity contribution in [3.63, 3.8) is 0 Å². The van der Waals surface area contributed by atoms with Crippen LogP contribution in [-0.4, -0.2) is 0 Å². The number of hydrogen-bond donors (Lipinski definition) is 0. The lowest BCUT2D eigenvalue weighted by atomic mass is 9.67. The van der Waals surface area contributed by atoms with E-state index in [-0.39, 0.29) is 0 Å². The fourth-order valence-electron chi connectivity index (χ4n) is 9.04. The van der Waals surface area contributed by atoms with E-state index in [0.717, 1.165) is 39.0 Å². The summed E-state index contributed by atoms with van der Waals surface area (Å²) in [5.41, 5.74) is 14.5. The van der Waals surface area contributed by atoms with Gasteiger partial charge >= 0.3 is 0 Å². The molecule has 10 aromatic rings. The van der Waals surface area contributed by atoms with E-state index >= 15 is 0 Å². The first-order valence-corrected chi connectivity index (χ1v) is 18.9. The standard InChI is InChI=1S/C53H35NO/c1-4-14-36(15-5-1)37-24-27-43(28-25-37)54(42-20-8-3-9-21-42)44-29-30-46-48-34-41(26-31-51(48)55-52(46)35-44)53(40-18-6-2-7-19-40)49-23-13-12-22-45(49)47-32-38-16-10-11-17-39(38)33-50(47)53/h1-35H. The Morgan fingerprint density at radius 3 is 1.75 bits per heavy atom. The molecule has 1 aliphatic carbocycles. The second-order valence-corrected chi connectivity index (χ2v) is 14.5. The molecule has 1 unspecified atom stereocenters. The third-order valence-electron chi connectivity index (χ3n) is 11.5. The maximum absolute atomic E-state index is 6.72. The van der Waals surface area contributed by atoms with Gasteiger partial charge in [-0.2, -0.15) is 0 Å². The van der Waals surface area contributed by atoms with Crippen molar-refractivity contribution in [2.75, 3.05) is 4.90 Å². The highest BCUT2D eigenvalue weighted by Crippen LogP contribution is 2.57. The average Bonchev–Trinajstić information content (AvgIpc) is 3.76. The average molecular weight is 702 g/mol. The number of rotatable bonds is 6. The highest BCUT2D eigenvalue weighted by atomic mass is 16.3. The van der Waals surface area contributed by atoms with Crippen molar-refractivity contribution in [3.8, 4) is 22.3 Å². The van der Waals surface area contributed by atoms with Gasteiger partial charge in [-0.15, -0.1) is 0 Å². The van der Waals surface area contributed by atoms with Gasteiger partial charge in [0.05, 0.1) is 5.41 Å². The number of anilines is 3. The van der Waals surface area contributed by atoms with Gasteiger partial charge < -0.3 is 9.32 Å². The number of furan rings is 1. The van der Waals surface area contributed by atoms with E-state index < -0.39 is 5.41 Å². The molecule has 55 heavy (non-hydrogen) atoms. The first kappa shape index (κ1) is 31.4. The molecule has 0 aliphatic heterocycles. The van der Waals surface area contributed by atoms with Gasteiger partial charge in [0.25, 0.3) is 0 Å². The largest absolute Gasteiger partial charge is 0.456 e. The lowest BCUT2D eigenvalue weighted by Crippen LogP contribution is -2.28. The topological polar surface area (TPSA) is 16.4 Å². The molecule has 2 heteroatoms. The zero-order valence-corrected chi connectivity index (χ0v) is 30.1. The summed E-state index contributed by atoms with van der Waals surface area (Å²) in [5, 5.41) is 4.71. The normalized spacial score (nSPS) is 14.6. The van der Waals surface area contributed by atoms with E-state index in [2.05, 4.69) is 217 Å². The van der Waals surface area contributed by atoms with Crippen LogP contribution in [-0.2, 0) is 5.41 Å². The molecule has 0 N–H and O–H groups in total. The van der Waals surface area contributed by atoms with Crippen molar-refractivity contribution in [2.45, 2.75) is 5.41 Å². The Morgan fingerprint density at radius 2 is 0.964 bits per heavy atom. The van der Waals surface area contributed by atoms with Crippen molar-refractivity contribution in [3.05, 3.63) is 235 Å². The van der Waals surface area contributed by atoms with E-state index in [1.807, 2.05) is 0 Å². The van der Waals surface area contributed by atoms with Crippen LogP contribution in [0.25, 0.3) is 55.0 Å². The molecule has 2 nitrogen and oxygen atoms in total. The van der Waals surface area contributed by atoms with Crippen molar-refractivity contribution in [1.29, 1.82) is 0 Å². The maximum Gasteiger partial charge on any atom is 0.137 e. The number of benzene rings is 9. The summed E-state index contributed by atoms with van der Waals surface area (Å²) >= 11 is 0. The molecule has 258 valence electrons. The van der Waals surface area contributed by atoms with Gasteiger partial charge in [0, 0.05) is 33.9 Å². The van der Waals surface area contributed by atoms with E-state index in [1.165, 1.54) is 55.3 Å². The molecule has 0 radical (unpaired) electrons. The first-order chi connectivity index (χ1) is 27.3. The Kier molecular flexibility index (Phi) is 7.11. The fourth-order valence-corrected chi connectivity index (χ4v) is 9.04. The Labute approximate surface area is 320 Å². The van der Waals surface area contributed by atoms with Crippen LogP contribution in [0.4, 0.5) is 17.1 Å². The highest BCUT2D eigenvalue weighted by molar-refractivity contribution is 6.07. The van der Waals surface area contributed by atoms with Crippen LogP contribution in [0.2, 0.25) is 0 Å². The minimum Gasteiger partial charge on any atom is -0.456 e. The SMILES string of the molecule is c1ccc(-c2ccc(N(c3ccccc3)c3ccc4c(c3)oc3ccc(C5(c6ccccc6)c6ccccc6-c6cc7ccccc7cc65)cc34)cc2)cc1. The predicted molar refractivity (Wildman–Crippen MR) is 229 cm³/mol. The first-order valence-electron chi connectivity index (χ1n) is 18.9. The molecule has 0 saturated carbocycles. The van der Waals surface area contributed by atoms with Crippen molar-refractivity contribution in [2.24, 2.45) is 0 Å². The van der Waals surface area contributed by atoms with Crippen LogP contribution in [0.5, 0.6) is 0 Å². The van der Waals surface area contributed by atoms with E-state index in [9.17, 15) is 0 Å². The lowest BCUT2D eigenvalue weighted by molar-refractivity contribution is 0.668. The van der Waals surface area contributed by atoms with Gasteiger partial charge in [-0.1, -0.05) is 146 Å². The molecule has 0 spiro atoms. The third kappa shape index (κ3) is 4.89. The Hall–Kier alpha value is -7.16. The quantitative estimate of drug-likeness (QED) is 0.172. The summed E-state index contributed by atoms with van der Waals surface area (Å²) in [6.07, 6.45) is 0. The zero-order valence-electron chi connectivity index (χ0n) is 30.1. The second kappa shape index (κ2) is 12.5. The summed E-state index contributed by atoms with van der Waals surface area (Å²) < 4.78 is 6.72. The van der Waals surface area contributed by atoms with Crippen molar-refractivity contribution < 1.29 is 4.42 Å². The summed E-state index contributed by atoms with van der Waals surface area (Å²) in [7, 11) is 0. The minimum atomic E-state index is -0.509. The summed E-state index contributed by atoms with van der Waals surface area (Å²) in [6.45, 7) is 0. The number of para-hydroxylation sites is 1. The lowest BCUT2D eigenvalue weighted by Gasteiger charge is -2.34. The fraction of sp³-hybridized carbons (Fsp3) is 0.0189. The van der Waals surface area contributed by atoms with Crippen LogP contribution in [0.3, 0.4) is 0 Å². The molecule has 11 rings (SSSR count). The monoisotopic (exact) mass is 701 g/mol. The molecule has 0 amide bonds. The smallest absolute Gasteiger partial charge is 0.137 e. The van der Waals surface area contributed by atoms with Crippen LogP contribution in [0.15, 0.2) is 217 Å². The van der Waals surface area contributed by atoms with Crippen LogP contribution in [0, 0.1) is 0 Å². The minimum absolute atomic E-state index is 0.509.